The normalized spacial score (nSPS) is 12.5. The van der Waals surface area contributed by atoms with Gasteiger partial charge in [-0.05, 0) is 70.6 Å². The van der Waals surface area contributed by atoms with Crippen molar-refractivity contribution in [1.29, 1.82) is 0 Å². The van der Waals surface area contributed by atoms with Gasteiger partial charge in [-0.1, -0.05) is 363 Å². The summed E-state index contributed by atoms with van der Waals surface area (Å²) in [5.41, 5.74) is 0. The molecule has 83 heavy (non-hydrogen) atoms. The van der Waals surface area contributed by atoms with Crippen LogP contribution in [0.1, 0.15) is 380 Å². The van der Waals surface area contributed by atoms with E-state index in [-0.39, 0.29) is 37.5 Å². The fraction of sp³-hybridized carbons (Fsp3) is 0.805. The molecular formula is C77H138O6. The van der Waals surface area contributed by atoms with E-state index in [0.717, 1.165) is 89.9 Å². The van der Waals surface area contributed by atoms with Gasteiger partial charge in [-0.2, -0.15) is 0 Å². The molecule has 1 atom stereocenters. The summed E-state index contributed by atoms with van der Waals surface area (Å²) in [6.45, 7) is 6.54. The van der Waals surface area contributed by atoms with Crippen molar-refractivity contribution in [1.82, 2.24) is 0 Å². The van der Waals surface area contributed by atoms with Crippen LogP contribution in [0.4, 0.5) is 0 Å². The minimum Gasteiger partial charge on any atom is -0.462 e. The zero-order chi connectivity index (χ0) is 59.9. The Bertz CT molecular complexity index is 1520. The molecule has 0 heterocycles. The van der Waals surface area contributed by atoms with E-state index < -0.39 is 6.10 Å². The summed E-state index contributed by atoms with van der Waals surface area (Å²) in [6.07, 6.45) is 94.0. The highest BCUT2D eigenvalue weighted by molar-refractivity contribution is 5.71. The van der Waals surface area contributed by atoms with Crippen LogP contribution in [-0.2, 0) is 28.6 Å². The van der Waals surface area contributed by atoms with Crippen molar-refractivity contribution < 1.29 is 28.6 Å². The van der Waals surface area contributed by atoms with E-state index in [9.17, 15) is 14.4 Å². The second-order valence-electron chi connectivity index (χ2n) is 24.5. The number of esters is 3. The first-order valence-electron chi connectivity index (χ1n) is 36.4. The van der Waals surface area contributed by atoms with Gasteiger partial charge in [-0.3, -0.25) is 14.4 Å². The first-order chi connectivity index (χ1) is 41.0. The van der Waals surface area contributed by atoms with Crippen LogP contribution in [0.3, 0.4) is 0 Å². The van der Waals surface area contributed by atoms with E-state index in [2.05, 4.69) is 93.7 Å². The molecule has 0 aliphatic carbocycles. The molecule has 0 aromatic rings. The highest BCUT2D eigenvalue weighted by atomic mass is 16.6. The van der Waals surface area contributed by atoms with Crippen LogP contribution in [0.5, 0.6) is 0 Å². The van der Waals surface area contributed by atoms with E-state index >= 15 is 0 Å². The van der Waals surface area contributed by atoms with Gasteiger partial charge in [0.15, 0.2) is 6.10 Å². The number of hydrogen-bond acceptors (Lipinski definition) is 6. The lowest BCUT2D eigenvalue weighted by Gasteiger charge is -2.18. The number of ether oxygens (including phenoxy) is 3. The Labute approximate surface area is 516 Å². The maximum atomic E-state index is 12.9. The van der Waals surface area contributed by atoms with Gasteiger partial charge in [0.05, 0.1) is 0 Å². The van der Waals surface area contributed by atoms with E-state index in [0.29, 0.717) is 19.3 Å². The van der Waals surface area contributed by atoms with Crippen LogP contribution in [0.15, 0.2) is 72.9 Å². The molecule has 6 heteroatoms. The van der Waals surface area contributed by atoms with E-state index in [1.807, 2.05) is 0 Å². The minimum absolute atomic E-state index is 0.0888. The topological polar surface area (TPSA) is 78.9 Å². The van der Waals surface area contributed by atoms with Gasteiger partial charge in [0, 0.05) is 19.3 Å². The van der Waals surface area contributed by atoms with E-state index in [1.54, 1.807) is 0 Å². The molecule has 0 amide bonds. The average Bonchev–Trinajstić information content (AvgIpc) is 3.48. The highest BCUT2D eigenvalue weighted by Crippen LogP contribution is 2.19. The smallest absolute Gasteiger partial charge is 0.306 e. The molecule has 0 saturated heterocycles. The van der Waals surface area contributed by atoms with Crippen LogP contribution < -0.4 is 0 Å². The zero-order valence-electron chi connectivity index (χ0n) is 55.5. The third-order valence-corrected chi connectivity index (χ3v) is 16.2. The molecule has 1 unspecified atom stereocenters. The number of rotatable bonds is 67. The molecule has 0 aromatic carbocycles. The number of carbonyl (C=O) groups excluding carboxylic acids is 3. The van der Waals surface area contributed by atoms with Gasteiger partial charge in [-0.25, -0.2) is 0 Å². The average molecular weight is 1160 g/mol. The molecule has 0 spiro atoms. The molecule has 0 aliphatic rings. The first kappa shape index (κ1) is 79.8. The monoisotopic (exact) mass is 1160 g/mol. The third kappa shape index (κ3) is 69.5. The van der Waals surface area contributed by atoms with Crippen LogP contribution in [0, 0.1) is 0 Å². The predicted octanol–water partition coefficient (Wildman–Crippen LogP) is 25.2. The number of unbranched alkanes of at least 4 members (excludes halogenated alkanes) is 44. The van der Waals surface area contributed by atoms with E-state index in [1.165, 1.54) is 244 Å². The Morgan fingerprint density at radius 1 is 0.253 bits per heavy atom. The fourth-order valence-corrected chi connectivity index (χ4v) is 10.8. The summed E-state index contributed by atoms with van der Waals surface area (Å²) in [5, 5.41) is 0. The van der Waals surface area contributed by atoms with Gasteiger partial charge in [0.25, 0.3) is 0 Å². The first-order valence-corrected chi connectivity index (χ1v) is 36.4. The van der Waals surface area contributed by atoms with Crippen molar-refractivity contribution in [2.45, 2.75) is 386 Å². The summed E-state index contributed by atoms with van der Waals surface area (Å²) in [5.74, 6) is -0.914. The SMILES string of the molecule is CC/C=C\C/C=C\C/C=C\C/C=C\C/C=C\C/C=C\CCCCC(=O)OC(COC(=O)CCCCCCCCCCCCC)COC(=O)CCCCCCCCCCCCCCCCCCCCCCCCCCCCCCCCCCC. The lowest BCUT2D eigenvalue weighted by atomic mass is 10.0. The van der Waals surface area contributed by atoms with Crippen molar-refractivity contribution in [3.63, 3.8) is 0 Å². The second kappa shape index (κ2) is 71.3. The van der Waals surface area contributed by atoms with Crippen LogP contribution in [-0.4, -0.2) is 37.2 Å². The van der Waals surface area contributed by atoms with Crippen molar-refractivity contribution >= 4 is 17.9 Å². The molecule has 0 saturated carbocycles. The number of hydrogen-bond donors (Lipinski definition) is 0. The molecular weight excluding hydrogens is 1020 g/mol. The van der Waals surface area contributed by atoms with Crippen molar-refractivity contribution in [2.75, 3.05) is 13.2 Å². The third-order valence-electron chi connectivity index (χ3n) is 16.2. The lowest BCUT2D eigenvalue weighted by molar-refractivity contribution is -0.167. The molecule has 482 valence electrons. The van der Waals surface area contributed by atoms with Gasteiger partial charge >= 0.3 is 17.9 Å². The maximum absolute atomic E-state index is 12.9. The Morgan fingerprint density at radius 3 is 0.735 bits per heavy atom. The summed E-state index contributed by atoms with van der Waals surface area (Å²) in [4.78, 5) is 38.3. The number of allylic oxidation sites excluding steroid dienone is 12. The zero-order valence-corrected chi connectivity index (χ0v) is 55.5. The molecule has 0 bridgehead atoms. The Hall–Kier alpha value is -3.15. The standard InChI is InChI=1S/C77H138O6/c1-4-7-10-13-16-19-22-24-26-28-30-32-33-34-35-36-37-38-39-40-41-42-43-45-46-48-50-52-55-58-61-64-67-70-76(79)82-73-74(72-81-75(78)69-66-63-60-57-54-21-18-15-12-9-6-3)83-77(80)71-68-65-62-59-56-53-51-49-47-44-31-29-27-25-23-20-17-14-11-8-5-2/h8,11,17,20,25,27,31,44,49,51,56,59,74H,4-7,9-10,12-16,18-19,21-24,26,28-30,32-43,45-48,50,52-55,57-58,60-73H2,1-3H3/b11-8-,20-17-,27-25-,44-31-,51-49-,59-56-. The predicted molar refractivity (Wildman–Crippen MR) is 362 cm³/mol. The fourth-order valence-electron chi connectivity index (χ4n) is 10.8. The highest BCUT2D eigenvalue weighted by Gasteiger charge is 2.19. The van der Waals surface area contributed by atoms with Crippen LogP contribution >= 0.6 is 0 Å². The van der Waals surface area contributed by atoms with Gasteiger partial charge < -0.3 is 14.2 Å². The quantitative estimate of drug-likeness (QED) is 0.0261. The Balaban J connectivity index is 4.15. The molecule has 0 fully saturated rings. The summed E-state index contributed by atoms with van der Waals surface area (Å²) in [6, 6.07) is 0. The summed E-state index contributed by atoms with van der Waals surface area (Å²) < 4.78 is 16.9. The molecule has 6 nitrogen and oxygen atoms in total. The molecule has 0 aromatic heterocycles. The summed E-state index contributed by atoms with van der Waals surface area (Å²) >= 11 is 0. The van der Waals surface area contributed by atoms with Crippen LogP contribution in [0.2, 0.25) is 0 Å². The van der Waals surface area contributed by atoms with Gasteiger partial charge in [0.2, 0.25) is 0 Å². The molecule has 0 aliphatic heterocycles. The van der Waals surface area contributed by atoms with Crippen molar-refractivity contribution in [3.05, 3.63) is 72.9 Å². The Morgan fingerprint density at radius 2 is 0.470 bits per heavy atom. The van der Waals surface area contributed by atoms with Crippen molar-refractivity contribution in [3.8, 4) is 0 Å². The summed E-state index contributed by atoms with van der Waals surface area (Å²) in [7, 11) is 0. The Kier molecular flexibility index (Phi) is 68.6. The minimum atomic E-state index is -0.797. The maximum Gasteiger partial charge on any atom is 0.306 e. The van der Waals surface area contributed by atoms with Gasteiger partial charge in [0.1, 0.15) is 13.2 Å². The van der Waals surface area contributed by atoms with E-state index in [4.69, 9.17) is 14.2 Å². The van der Waals surface area contributed by atoms with Crippen LogP contribution in [0.25, 0.3) is 0 Å². The molecule has 0 rings (SSSR count). The number of carbonyl (C=O) groups is 3. The lowest BCUT2D eigenvalue weighted by Crippen LogP contribution is -2.30. The largest absolute Gasteiger partial charge is 0.462 e. The van der Waals surface area contributed by atoms with Crippen molar-refractivity contribution in [2.24, 2.45) is 0 Å². The molecule has 0 radical (unpaired) electrons. The molecule has 0 N–H and O–H groups in total. The van der Waals surface area contributed by atoms with Gasteiger partial charge in [-0.15, -0.1) is 0 Å². The second-order valence-corrected chi connectivity index (χ2v) is 24.5.